The molecule has 2 amide bonds. The van der Waals surface area contributed by atoms with Crippen molar-refractivity contribution in [1.29, 1.82) is 0 Å². The van der Waals surface area contributed by atoms with E-state index in [1.54, 1.807) is 25.3 Å². The average molecular weight is 352 g/mol. The molecule has 1 N–H and O–H groups in total. The summed E-state index contributed by atoms with van der Waals surface area (Å²) in [5.74, 6) is 0.840. The van der Waals surface area contributed by atoms with Crippen LogP contribution in [0, 0.1) is 6.92 Å². The standard InChI is InChI=1S/C20H20N2O4/c1-14-3-7-16(8-4-14)21-19(23)12-22(2)20(24)10-6-15-5-9-17-18(11-15)26-13-25-17/h3-11H,12-13H2,1-2H3,(H,21,23)/b10-6+. The maximum atomic E-state index is 12.2. The van der Waals surface area contributed by atoms with Crippen molar-refractivity contribution < 1.29 is 19.1 Å². The van der Waals surface area contributed by atoms with Crippen molar-refractivity contribution in [2.45, 2.75) is 6.92 Å². The summed E-state index contributed by atoms with van der Waals surface area (Å²) in [6.07, 6.45) is 3.11. The van der Waals surface area contributed by atoms with E-state index in [0.29, 0.717) is 17.2 Å². The molecule has 0 bridgehead atoms. The number of benzene rings is 2. The molecule has 0 spiro atoms. The topological polar surface area (TPSA) is 67.9 Å². The van der Waals surface area contributed by atoms with Crippen LogP contribution in [0.2, 0.25) is 0 Å². The van der Waals surface area contributed by atoms with Crippen LogP contribution in [0.15, 0.2) is 48.5 Å². The van der Waals surface area contributed by atoms with Gasteiger partial charge in [-0.1, -0.05) is 23.8 Å². The monoisotopic (exact) mass is 352 g/mol. The van der Waals surface area contributed by atoms with Gasteiger partial charge in [-0.15, -0.1) is 0 Å². The second-order valence-corrected chi connectivity index (χ2v) is 6.05. The summed E-state index contributed by atoms with van der Waals surface area (Å²) in [6, 6.07) is 12.9. The zero-order valence-electron chi connectivity index (χ0n) is 14.7. The van der Waals surface area contributed by atoms with Crippen LogP contribution in [-0.2, 0) is 9.59 Å². The molecule has 2 aromatic carbocycles. The van der Waals surface area contributed by atoms with Crippen LogP contribution in [-0.4, -0.2) is 37.1 Å². The minimum Gasteiger partial charge on any atom is -0.454 e. The fourth-order valence-corrected chi connectivity index (χ4v) is 2.44. The smallest absolute Gasteiger partial charge is 0.246 e. The van der Waals surface area contributed by atoms with Gasteiger partial charge in [0.15, 0.2) is 11.5 Å². The molecule has 1 aliphatic heterocycles. The highest BCUT2D eigenvalue weighted by molar-refractivity contribution is 5.97. The van der Waals surface area contributed by atoms with Gasteiger partial charge < -0.3 is 19.7 Å². The minimum absolute atomic E-state index is 0.0296. The number of amides is 2. The van der Waals surface area contributed by atoms with Crippen molar-refractivity contribution in [2.24, 2.45) is 0 Å². The van der Waals surface area contributed by atoms with E-state index < -0.39 is 0 Å². The Hall–Kier alpha value is -3.28. The molecule has 0 radical (unpaired) electrons. The predicted octanol–water partition coefficient (Wildman–Crippen LogP) is 2.83. The molecular formula is C20H20N2O4. The van der Waals surface area contributed by atoms with E-state index in [9.17, 15) is 9.59 Å². The normalized spacial score (nSPS) is 12.2. The molecule has 134 valence electrons. The zero-order chi connectivity index (χ0) is 18.5. The molecule has 0 aliphatic carbocycles. The number of hydrogen-bond acceptors (Lipinski definition) is 4. The van der Waals surface area contributed by atoms with Crippen LogP contribution >= 0.6 is 0 Å². The van der Waals surface area contributed by atoms with Crippen LogP contribution in [0.3, 0.4) is 0 Å². The third kappa shape index (κ3) is 4.42. The van der Waals surface area contributed by atoms with Gasteiger partial charge in [0, 0.05) is 18.8 Å². The Morgan fingerprint density at radius 3 is 2.62 bits per heavy atom. The molecule has 2 aromatic rings. The molecule has 0 saturated heterocycles. The number of anilines is 1. The summed E-state index contributed by atoms with van der Waals surface area (Å²) < 4.78 is 10.6. The summed E-state index contributed by atoms with van der Waals surface area (Å²) in [6.45, 7) is 2.16. The Balaban J connectivity index is 1.53. The van der Waals surface area contributed by atoms with Crippen molar-refractivity contribution in [3.8, 4) is 11.5 Å². The molecule has 6 heteroatoms. The molecule has 0 aromatic heterocycles. The van der Waals surface area contributed by atoms with Gasteiger partial charge in [0.05, 0.1) is 6.54 Å². The first-order valence-corrected chi connectivity index (χ1v) is 8.20. The van der Waals surface area contributed by atoms with E-state index in [4.69, 9.17) is 9.47 Å². The maximum absolute atomic E-state index is 12.2. The van der Waals surface area contributed by atoms with Gasteiger partial charge in [0.2, 0.25) is 18.6 Å². The average Bonchev–Trinajstić information content (AvgIpc) is 3.09. The third-order valence-corrected chi connectivity index (χ3v) is 3.91. The molecule has 0 unspecified atom stereocenters. The largest absolute Gasteiger partial charge is 0.454 e. The van der Waals surface area contributed by atoms with Crippen LogP contribution in [0.4, 0.5) is 5.69 Å². The van der Waals surface area contributed by atoms with Crippen LogP contribution < -0.4 is 14.8 Å². The van der Waals surface area contributed by atoms with Gasteiger partial charge >= 0.3 is 0 Å². The van der Waals surface area contributed by atoms with Crippen molar-refractivity contribution >= 4 is 23.6 Å². The molecule has 1 heterocycles. The van der Waals surface area contributed by atoms with Crippen LogP contribution in [0.25, 0.3) is 6.08 Å². The number of carbonyl (C=O) groups is 2. The summed E-state index contributed by atoms with van der Waals surface area (Å²) in [5.41, 5.74) is 2.64. The highest BCUT2D eigenvalue weighted by atomic mass is 16.7. The number of aryl methyl sites for hydroxylation is 1. The SMILES string of the molecule is Cc1ccc(NC(=O)CN(C)C(=O)/C=C/c2ccc3c(c2)OCO3)cc1. The second kappa shape index (κ2) is 7.74. The summed E-state index contributed by atoms with van der Waals surface area (Å²) >= 11 is 0. The van der Waals surface area contributed by atoms with E-state index in [0.717, 1.165) is 11.1 Å². The van der Waals surface area contributed by atoms with Gasteiger partial charge in [-0.3, -0.25) is 9.59 Å². The van der Waals surface area contributed by atoms with Gasteiger partial charge in [-0.05, 0) is 42.8 Å². The van der Waals surface area contributed by atoms with E-state index >= 15 is 0 Å². The first-order valence-electron chi connectivity index (χ1n) is 8.20. The fraction of sp³-hybridized carbons (Fsp3) is 0.200. The van der Waals surface area contributed by atoms with Crippen molar-refractivity contribution in [1.82, 2.24) is 4.90 Å². The lowest BCUT2D eigenvalue weighted by molar-refractivity contribution is -0.129. The molecule has 3 rings (SSSR count). The number of fused-ring (bicyclic) bond motifs is 1. The molecule has 0 atom stereocenters. The van der Waals surface area contributed by atoms with E-state index in [1.165, 1.54) is 11.0 Å². The molecule has 26 heavy (non-hydrogen) atoms. The van der Waals surface area contributed by atoms with E-state index in [2.05, 4.69) is 5.32 Å². The van der Waals surface area contributed by atoms with Gasteiger partial charge in [-0.25, -0.2) is 0 Å². The lowest BCUT2D eigenvalue weighted by Gasteiger charge is -2.15. The third-order valence-electron chi connectivity index (χ3n) is 3.91. The summed E-state index contributed by atoms with van der Waals surface area (Å²) in [7, 11) is 1.58. The van der Waals surface area contributed by atoms with Crippen LogP contribution in [0.5, 0.6) is 11.5 Å². The lowest BCUT2D eigenvalue weighted by atomic mass is 10.2. The zero-order valence-corrected chi connectivity index (χ0v) is 14.7. The number of nitrogens with one attached hydrogen (secondary N) is 1. The van der Waals surface area contributed by atoms with Gasteiger partial charge in [0.25, 0.3) is 0 Å². The van der Waals surface area contributed by atoms with Gasteiger partial charge in [-0.2, -0.15) is 0 Å². The quantitative estimate of drug-likeness (QED) is 0.840. The number of ether oxygens (including phenoxy) is 2. The maximum Gasteiger partial charge on any atom is 0.246 e. The fourth-order valence-electron chi connectivity index (χ4n) is 2.44. The molecule has 1 aliphatic rings. The number of carbonyl (C=O) groups excluding carboxylic acids is 2. The highest BCUT2D eigenvalue weighted by Crippen LogP contribution is 2.32. The van der Waals surface area contributed by atoms with Gasteiger partial charge in [0.1, 0.15) is 0 Å². The predicted molar refractivity (Wildman–Crippen MR) is 99.0 cm³/mol. The highest BCUT2D eigenvalue weighted by Gasteiger charge is 2.13. The number of rotatable bonds is 5. The summed E-state index contributed by atoms with van der Waals surface area (Å²) in [4.78, 5) is 25.6. The Kier molecular flexibility index (Phi) is 5.22. The number of hydrogen-bond donors (Lipinski definition) is 1. The van der Waals surface area contributed by atoms with Crippen molar-refractivity contribution in [2.75, 3.05) is 25.7 Å². The lowest BCUT2D eigenvalue weighted by Crippen LogP contribution is -2.33. The Bertz CT molecular complexity index is 843. The van der Waals surface area contributed by atoms with Crippen molar-refractivity contribution in [3.63, 3.8) is 0 Å². The molecular weight excluding hydrogens is 332 g/mol. The second-order valence-electron chi connectivity index (χ2n) is 6.05. The first-order chi connectivity index (χ1) is 12.5. The van der Waals surface area contributed by atoms with Crippen molar-refractivity contribution in [3.05, 3.63) is 59.7 Å². The minimum atomic E-state index is -0.262. The molecule has 0 saturated carbocycles. The summed E-state index contributed by atoms with van der Waals surface area (Å²) in [5, 5.41) is 2.77. The number of nitrogens with zero attached hydrogens (tertiary/aromatic N) is 1. The van der Waals surface area contributed by atoms with Crippen LogP contribution in [0.1, 0.15) is 11.1 Å². The molecule has 0 fully saturated rings. The van der Waals surface area contributed by atoms with E-state index in [-0.39, 0.29) is 25.2 Å². The van der Waals surface area contributed by atoms with E-state index in [1.807, 2.05) is 37.3 Å². The number of likely N-dealkylation sites (N-methyl/N-ethyl adjacent to an activating group) is 1. The molecule has 6 nitrogen and oxygen atoms in total. The first kappa shape index (κ1) is 17.5. The Morgan fingerprint density at radius 2 is 1.85 bits per heavy atom. The Labute approximate surface area is 152 Å². The Morgan fingerprint density at radius 1 is 1.12 bits per heavy atom.